The SMILES string of the molecule is CCc1ccc(C=O)cc1.CNCC(F)F. The molecule has 0 bridgehead atoms. The quantitative estimate of drug-likeness (QED) is 0.804. The van der Waals surface area contributed by atoms with E-state index >= 15 is 0 Å². The Balaban J connectivity index is 0.000000325. The highest BCUT2D eigenvalue weighted by Crippen LogP contribution is 2.01. The molecular formula is C12H17F2NO. The number of carbonyl (C=O) groups is 1. The van der Waals surface area contributed by atoms with Gasteiger partial charge in [-0.25, -0.2) is 8.78 Å². The number of hydrogen-bond acceptors (Lipinski definition) is 2. The van der Waals surface area contributed by atoms with E-state index in [0.717, 1.165) is 18.3 Å². The molecule has 4 heteroatoms. The lowest BCUT2D eigenvalue weighted by Crippen LogP contribution is -2.15. The van der Waals surface area contributed by atoms with E-state index in [1.807, 2.05) is 24.3 Å². The Morgan fingerprint density at radius 1 is 1.31 bits per heavy atom. The number of hydrogen-bond donors (Lipinski definition) is 1. The van der Waals surface area contributed by atoms with Gasteiger partial charge in [-0.1, -0.05) is 31.2 Å². The van der Waals surface area contributed by atoms with Crippen molar-refractivity contribution in [2.45, 2.75) is 19.8 Å². The minimum absolute atomic E-state index is 0.208. The summed E-state index contributed by atoms with van der Waals surface area (Å²) >= 11 is 0. The molecule has 1 aromatic carbocycles. The van der Waals surface area contributed by atoms with Gasteiger partial charge in [0.2, 0.25) is 0 Å². The maximum atomic E-state index is 11.0. The van der Waals surface area contributed by atoms with Crippen LogP contribution in [0.4, 0.5) is 8.78 Å². The normalized spacial score (nSPS) is 9.56. The van der Waals surface area contributed by atoms with Crippen LogP contribution in [0.2, 0.25) is 0 Å². The Morgan fingerprint density at radius 2 is 1.88 bits per heavy atom. The molecule has 0 spiro atoms. The monoisotopic (exact) mass is 229 g/mol. The number of halogens is 2. The van der Waals surface area contributed by atoms with Gasteiger partial charge in [0.15, 0.2) is 0 Å². The van der Waals surface area contributed by atoms with Crippen LogP contribution < -0.4 is 5.32 Å². The van der Waals surface area contributed by atoms with Crippen LogP contribution in [0.15, 0.2) is 24.3 Å². The second-order valence-corrected chi connectivity index (χ2v) is 3.16. The Hall–Kier alpha value is -1.29. The minimum Gasteiger partial charge on any atom is -0.315 e. The fourth-order valence-corrected chi connectivity index (χ4v) is 0.986. The predicted molar refractivity (Wildman–Crippen MR) is 61.1 cm³/mol. The molecule has 0 atom stereocenters. The van der Waals surface area contributed by atoms with Gasteiger partial charge >= 0.3 is 0 Å². The van der Waals surface area contributed by atoms with Crippen LogP contribution in [0.3, 0.4) is 0 Å². The van der Waals surface area contributed by atoms with Crippen molar-refractivity contribution in [3.8, 4) is 0 Å². The van der Waals surface area contributed by atoms with E-state index in [9.17, 15) is 13.6 Å². The third-order valence-corrected chi connectivity index (χ3v) is 1.88. The van der Waals surface area contributed by atoms with Crippen molar-refractivity contribution in [2.75, 3.05) is 13.6 Å². The lowest BCUT2D eigenvalue weighted by molar-refractivity contribution is 0.112. The van der Waals surface area contributed by atoms with Crippen LogP contribution in [0.25, 0.3) is 0 Å². The zero-order valence-electron chi connectivity index (χ0n) is 9.54. The molecule has 1 N–H and O–H groups in total. The first-order chi connectivity index (χ1) is 7.63. The standard InChI is InChI=1S/C9H10O.C3H7F2N/c1-2-8-3-5-9(7-10)6-4-8;1-6-2-3(4)5/h3-7H,2H2,1H3;3,6H,2H2,1H3. The summed E-state index contributed by atoms with van der Waals surface area (Å²) < 4.78 is 21.9. The van der Waals surface area contributed by atoms with E-state index in [-0.39, 0.29) is 6.54 Å². The van der Waals surface area contributed by atoms with Crippen molar-refractivity contribution in [3.63, 3.8) is 0 Å². The molecule has 0 aliphatic rings. The molecule has 0 saturated heterocycles. The lowest BCUT2D eigenvalue weighted by atomic mass is 10.1. The molecule has 0 aromatic heterocycles. The molecule has 1 aromatic rings. The highest BCUT2D eigenvalue weighted by atomic mass is 19.3. The molecule has 0 aliphatic heterocycles. The van der Waals surface area contributed by atoms with Crippen molar-refractivity contribution in [3.05, 3.63) is 35.4 Å². The summed E-state index contributed by atoms with van der Waals surface area (Å²) in [4.78, 5) is 10.2. The smallest absolute Gasteiger partial charge is 0.250 e. The molecule has 0 unspecified atom stereocenters. The number of alkyl halides is 2. The fourth-order valence-electron chi connectivity index (χ4n) is 0.986. The molecule has 0 amide bonds. The van der Waals surface area contributed by atoms with Gasteiger partial charge in [0.05, 0.1) is 6.54 Å². The van der Waals surface area contributed by atoms with Crippen molar-refractivity contribution in [2.24, 2.45) is 0 Å². The van der Waals surface area contributed by atoms with Crippen LogP contribution >= 0.6 is 0 Å². The predicted octanol–water partition coefficient (Wildman–Crippen LogP) is 2.53. The number of benzene rings is 1. The molecule has 0 aliphatic carbocycles. The summed E-state index contributed by atoms with van der Waals surface area (Å²) in [7, 11) is 1.49. The highest BCUT2D eigenvalue weighted by molar-refractivity contribution is 5.74. The number of nitrogens with one attached hydrogen (secondary N) is 1. The van der Waals surface area contributed by atoms with Crippen LogP contribution in [0.5, 0.6) is 0 Å². The van der Waals surface area contributed by atoms with E-state index in [2.05, 4.69) is 12.2 Å². The Kier molecular flexibility index (Phi) is 8.25. The van der Waals surface area contributed by atoms with Gasteiger partial charge in [0, 0.05) is 5.56 Å². The topological polar surface area (TPSA) is 29.1 Å². The van der Waals surface area contributed by atoms with E-state index in [1.165, 1.54) is 12.6 Å². The van der Waals surface area contributed by atoms with Gasteiger partial charge in [-0.15, -0.1) is 0 Å². The van der Waals surface area contributed by atoms with E-state index < -0.39 is 6.43 Å². The first-order valence-corrected chi connectivity index (χ1v) is 5.10. The molecule has 1 rings (SSSR count). The summed E-state index contributed by atoms with van der Waals surface area (Å²) in [5.41, 5.74) is 2.02. The Labute approximate surface area is 94.7 Å². The number of aldehydes is 1. The maximum absolute atomic E-state index is 11.0. The number of carbonyl (C=O) groups excluding carboxylic acids is 1. The maximum Gasteiger partial charge on any atom is 0.250 e. The van der Waals surface area contributed by atoms with Crippen LogP contribution in [0.1, 0.15) is 22.8 Å². The van der Waals surface area contributed by atoms with Crippen LogP contribution in [-0.4, -0.2) is 26.3 Å². The zero-order chi connectivity index (χ0) is 12.4. The van der Waals surface area contributed by atoms with Gasteiger partial charge < -0.3 is 5.32 Å². The van der Waals surface area contributed by atoms with Crippen molar-refractivity contribution < 1.29 is 13.6 Å². The van der Waals surface area contributed by atoms with Crippen LogP contribution in [-0.2, 0) is 6.42 Å². The lowest BCUT2D eigenvalue weighted by Gasteiger charge is -1.93. The third kappa shape index (κ3) is 7.06. The van der Waals surface area contributed by atoms with Crippen molar-refractivity contribution in [1.29, 1.82) is 0 Å². The first-order valence-electron chi connectivity index (χ1n) is 5.10. The van der Waals surface area contributed by atoms with Gasteiger partial charge in [-0.05, 0) is 19.0 Å². The molecule has 2 nitrogen and oxygen atoms in total. The molecule has 0 saturated carbocycles. The van der Waals surface area contributed by atoms with E-state index in [4.69, 9.17) is 0 Å². The van der Waals surface area contributed by atoms with Gasteiger partial charge in [0.25, 0.3) is 6.43 Å². The average Bonchev–Trinajstić information content (AvgIpc) is 2.30. The summed E-state index contributed by atoms with van der Waals surface area (Å²) in [6.45, 7) is 1.88. The highest BCUT2D eigenvalue weighted by Gasteiger charge is 1.94. The zero-order valence-corrected chi connectivity index (χ0v) is 9.54. The summed E-state index contributed by atoms with van der Waals surface area (Å²) in [6.07, 6.45) is -0.325. The molecule has 0 heterocycles. The number of rotatable bonds is 4. The molecular weight excluding hydrogens is 212 g/mol. The van der Waals surface area contributed by atoms with Crippen molar-refractivity contribution >= 4 is 6.29 Å². The second kappa shape index (κ2) is 8.97. The fraction of sp³-hybridized carbons (Fsp3) is 0.417. The third-order valence-electron chi connectivity index (χ3n) is 1.88. The molecule has 0 fully saturated rings. The van der Waals surface area contributed by atoms with Crippen LogP contribution in [0, 0.1) is 0 Å². The average molecular weight is 229 g/mol. The first kappa shape index (κ1) is 14.7. The van der Waals surface area contributed by atoms with Gasteiger partial charge in [0.1, 0.15) is 6.29 Å². The second-order valence-electron chi connectivity index (χ2n) is 3.16. The van der Waals surface area contributed by atoms with E-state index in [1.54, 1.807) is 0 Å². The Bertz CT molecular complexity index is 286. The van der Waals surface area contributed by atoms with E-state index in [0.29, 0.717) is 0 Å². The number of aryl methyl sites for hydroxylation is 1. The summed E-state index contributed by atoms with van der Waals surface area (Å²) in [5.74, 6) is 0. The largest absolute Gasteiger partial charge is 0.315 e. The molecule has 16 heavy (non-hydrogen) atoms. The van der Waals surface area contributed by atoms with Gasteiger partial charge in [-0.3, -0.25) is 4.79 Å². The van der Waals surface area contributed by atoms with Gasteiger partial charge in [-0.2, -0.15) is 0 Å². The molecule has 90 valence electrons. The summed E-state index contributed by atoms with van der Waals surface area (Å²) in [5, 5.41) is 2.32. The minimum atomic E-state index is -2.21. The molecule has 0 radical (unpaired) electrons. The Morgan fingerprint density at radius 3 is 2.12 bits per heavy atom. The summed E-state index contributed by atoms with van der Waals surface area (Å²) in [6, 6.07) is 7.63. The van der Waals surface area contributed by atoms with Crippen molar-refractivity contribution in [1.82, 2.24) is 5.32 Å².